The average Bonchev–Trinajstić information content (AvgIpc) is 3.39. The Morgan fingerprint density at radius 2 is 1.57 bits per heavy atom. The number of nitrogens with zero attached hydrogens (tertiary/aromatic N) is 4. The quantitative estimate of drug-likeness (QED) is 0.255. The first-order chi connectivity index (χ1) is 19.0. The minimum atomic E-state index is -3.85. The summed E-state index contributed by atoms with van der Waals surface area (Å²) in [4.78, 5) is 24.2. The number of hydrogen-bond acceptors (Lipinski definition) is 8. The predicted octanol–water partition coefficient (Wildman–Crippen LogP) is 4.77. The number of aromatic nitrogens is 2. The number of sulfonamides is 1. The van der Waals surface area contributed by atoms with E-state index in [0.717, 1.165) is 11.8 Å². The molecule has 1 amide bonds. The van der Waals surface area contributed by atoms with Crippen molar-refractivity contribution in [2.75, 3.05) is 22.5 Å². The van der Waals surface area contributed by atoms with E-state index in [4.69, 9.17) is 0 Å². The van der Waals surface area contributed by atoms with Gasteiger partial charge in [-0.05, 0) is 66.2 Å². The van der Waals surface area contributed by atoms with E-state index in [1.807, 2.05) is 6.07 Å². The molecule has 40 heavy (non-hydrogen) atoms. The molecule has 0 saturated heterocycles. The second-order valence-electron chi connectivity index (χ2n) is 8.98. The van der Waals surface area contributed by atoms with Crippen LogP contribution in [-0.2, 0) is 26.4 Å². The smallest absolute Gasteiger partial charge is 0.264 e. The summed E-state index contributed by atoms with van der Waals surface area (Å²) in [6, 6.07) is 22.7. The summed E-state index contributed by atoms with van der Waals surface area (Å²) >= 11 is 1.19. The van der Waals surface area contributed by atoms with Crippen molar-refractivity contribution in [1.82, 2.24) is 9.97 Å². The number of fused-ring (bicyclic) bond motifs is 1. The van der Waals surface area contributed by atoms with Crippen molar-refractivity contribution >= 4 is 58.1 Å². The van der Waals surface area contributed by atoms with E-state index >= 15 is 0 Å². The van der Waals surface area contributed by atoms with Crippen molar-refractivity contribution in [3.8, 4) is 0 Å². The van der Waals surface area contributed by atoms with Crippen molar-refractivity contribution in [3.05, 3.63) is 108 Å². The lowest BCUT2D eigenvalue weighted by atomic mass is 10.2. The zero-order valence-electron chi connectivity index (χ0n) is 21.5. The van der Waals surface area contributed by atoms with Gasteiger partial charge in [0.15, 0.2) is 15.0 Å². The number of carbonyl (C=O) groups excluding carboxylic acids is 1. The van der Waals surface area contributed by atoms with Crippen molar-refractivity contribution in [2.24, 2.45) is 0 Å². The summed E-state index contributed by atoms with van der Waals surface area (Å²) in [5.41, 5.74) is 2.10. The van der Waals surface area contributed by atoms with E-state index in [9.17, 15) is 21.6 Å². The number of pyridine rings is 1. The number of carbonyl (C=O) groups is 1. The largest absolute Gasteiger partial charge is 0.279 e. The van der Waals surface area contributed by atoms with E-state index in [0.29, 0.717) is 21.0 Å². The highest BCUT2D eigenvalue weighted by Crippen LogP contribution is 2.32. The molecule has 0 N–H and O–H groups in total. The van der Waals surface area contributed by atoms with Crippen LogP contribution in [0.4, 0.5) is 10.8 Å². The number of anilines is 2. The molecule has 9 nitrogen and oxygen atoms in total. The first-order valence-electron chi connectivity index (χ1n) is 12.0. The van der Waals surface area contributed by atoms with Gasteiger partial charge in [-0.15, -0.1) is 0 Å². The first kappa shape index (κ1) is 27.4. The Morgan fingerprint density at radius 3 is 2.23 bits per heavy atom. The molecule has 2 aromatic heterocycles. The molecule has 0 atom stereocenters. The minimum absolute atomic E-state index is 0.0440. The average molecular weight is 593 g/mol. The number of hydrogen-bond donors (Lipinski definition) is 0. The molecule has 0 aliphatic heterocycles. The third-order valence-corrected chi connectivity index (χ3v) is 10.1. The monoisotopic (exact) mass is 592 g/mol. The highest BCUT2D eigenvalue weighted by molar-refractivity contribution is 7.92. The Balaban J connectivity index is 1.49. The molecule has 0 unspecified atom stereocenters. The van der Waals surface area contributed by atoms with Gasteiger partial charge in [0.25, 0.3) is 15.9 Å². The molecule has 0 saturated carbocycles. The first-order valence-corrected chi connectivity index (χ1v) is 16.1. The topological polar surface area (TPSA) is 118 Å². The summed E-state index contributed by atoms with van der Waals surface area (Å²) < 4.78 is 52.2. The third kappa shape index (κ3) is 5.60. The highest BCUT2D eigenvalue weighted by Gasteiger charge is 2.25. The van der Waals surface area contributed by atoms with Gasteiger partial charge in [0.2, 0.25) is 0 Å². The molecule has 0 spiro atoms. The maximum atomic E-state index is 13.8. The lowest BCUT2D eigenvalue weighted by molar-refractivity contribution is 0.0985. The molecule has 2 heterocycles. The minimum Gasteiger partial charge on any atom is -0.279 e. The molecule has 5 rings (SSSR count). The fourth-order valence-electron chi connectivity index (χ4n) is 4.00. The van der Waals surface area contributed by atoms with Crippen LogP contribution in [0, 0.1) is 0 Å². The Bertz CT molecular complexity index is 1890. The maximum Gasteiger partial charge on any atom is 0.264 e. The van der Waals surface area contributed by atoms with E-state index in [2.05, 4.69) is 9.97 Å². The number of amides is 1. The zero-order valence-corrected chi connectivity index (χ0v) is 23.9. The number of sulfone groups is 1. The van der Waals surface area contributed by atoms with Crippen LogP contribution < -0.4 is 9.21 Å². The number of para-hydroxylation sites is 1. The van der Waals surface area contributed by atoms with Crippen LogP contribution in [-0.4, -0.2) is 46.0 Å². The van der Waals surface area contributed by atoms with Crippen LogP contribution in [0.5, 0.6) is 0 Å². The zero-order chi connectivity index (χ0) is 28.5. The number of rotatable bonds is 8. The summed E-state index contributed by atoms with van der Waals surface area (Å²) in [5.74, 6) is -0.397. The van der Waals surface area contributed by atoms with Crippen molar-refractivity contribution in [3.63, 3.8) is 0 Å². The van der Waals surface area contributed by atoms with Crippen molar-refractivity contribution < 1.29 is 21.6 Å². The molecule has 3 aromatic carbocycles. The van der Waals surface area contributed by atoms with E-state index in [1.54, 1.807) is 60.9 Å². The Hall–Kier alpha value is -4.13. The predicted molar refractivity (Wildman–Crippen MR) is 156 cm³/mol. The normalized spacial score (nSPS) is 11.8. The number of thiazole rings is 1. The van der Waals surface area contributed by atoms with Gasteiger partial charge in [-0.1, -0.05) is 35.6 Å². The van der Waals surface area contributed by atoms with E-state index in [-0.39, 0.29) is 21.9 Å². The van der Waals surface area contributed by atoms with Gasteiger partial charge in [0.05, 0.1) is 32.2 Å². The van der Waals surface area contributed by atoms with Gasteiger partial charge >= 0.3 is 0 Å². The van der Waals surface area contributed by atoms with Gasteiger partial charge in [0.1, 0.15) is 0 Å². The highest BCUT2D eigenvalue weighted by atomic mass is 32.2. The van der Waals surface area contributed by atoms with Crippen molar-refractivity contribution in [1.29, 1.82) is 0 Å². The van der Waals surface area contributed by atoms with Crippen LogP contribution in [0.15, 0.2) is 107 Å². The Kier molecular flexibility index (Phi) is 7.41. The summed E-state index contributed by atoms with van der Waals surface area (Å²) in [7, 11) is -5.79. The molecule has 0 aliphatic rings. The Morgan fingerprint density at radius 1 is 0.875 bits per heavy atom. The second-order valence-corrected chi connectivity index (χ2v) is 14.0. The van der Waals surface area contributed by atoms with Gasteiger partial charge in [-0.3, -0.25) is 19.0 Å². The molecule has 0 aliphatic carbocycles. The van der Waals surface area contributed by atoms with Crippen LogP contribution in [0.25, 0.3) is 10.2 Å². The maximum absolute atomic E-state index is 13.8. The van der Waals surface area contributed by atoms with Crippen LogP contribution >= 0.6 is 11.3 Å². The lowest BCUT2D eigenvalue weighted by Crippen LogP contribution is -2.30. The SMILES string of the molecule is CN(c1ccccc1)S(=O)(=O)c1ccc(C(=O)N(Cc2cccnc2)c2nc3ccc(S(C)(=O)=O)cc3s2)cc1. The second kappa shape index (κ2) is 10.8. The molecule has 5 aromatic rings. The number of benzene rings is 3. The molecular weight excluding hydrogens is 569 g/mol. The lowest BCUT2D eigenvalue weighted by Gasteiger charge is -2.21. The molecule has 204 valence electrons. The molecule has 0 radical (unpaired) electrons. The van der Waals surface area contributed by atoms with Crippen LogP contribution in [0.1, 0.15) is 15.9 Å². The van der Waals surface area contributed by atoms with Crippen LogP contribution in [0.3, 0.4) is 0 Å². The third-order valence-electron chi connectivity index (χ3n) is 6.20. The molecule has 12 heteroatoms. The molecule has 0 bridgehead atoms. The summed E-state index contributed by atoms with van der Waals surface area (Å²) in [6.45, 7) is 0.155. The van der Waals surface area contributed by atoms with Gasteiger partial charge in [0, 0.05) is 31.3 Å². The Labute approximate surface area is 236 Å². The molecule has 0 fully saturated rings. The van der Waals surface area contributed by atoms with Gasteiger partial charge < -0.3 is 0 Å². The van der Waals surface area contributed by atoms with E-state index < -0.39 is 25.8 Å². The summed E-state index contributed by atoms with van der Waals surface area (Å²) in [6.07, 6.45) is 4.41. The fourth-order valence-corrected chi connectivity index (χ4v) is 6.92. The summed E-state index contributed by atoms with van der Waals surface area (Å²) in [5, 5.41) is 0.370. The van der Waals surface area contributed by atoms with Crippen molar-refractivity contribution in [2.45, 2.75) is 16.3 Å². The fraction of sp³-hybridized carbons (Fsp3) is 0.107. The van der Waals surface area contributed by atoms with Gasteiger partial charge in [-0.2, -0.15) is 0 Å². The standard InChI is InChI=1S/C28H24N4O5S3/c1-31(22-8-4-3-5-9-22)40(36,37)23-12-10-21(11-13-23)27(33)32(19-20-7-6-16-29-18-20)28-30-25-15-14-24(39(2,34)35)17-26(25)38-28/h3-18H,19H2,1-2H3. The molecular formula is C28H24N4O5S3. The van der Waals surface area contributed by atoms with E-state index in [1.165, 1.54) is 57.9 Å². The van der Waals surface area contributed by atoms with Crippen LogP contribution in [0.2, 0.25) is 0 Å². The van der Waals surface area contributed by atoms with Gasteiger partial charge in [-0.25, -0.2) is 21.8 Å².